The van der Waals surface area contributed by atoms with Crippen molar-refractivity contribution < 1.29 is 9.59 Å². The van der Waals surface area contributed by atoms with Crippen LogP contribution in [0.15, 0.2) is 64.5 Å². The van der Waals surface area contributed by atoms with Crippen molar-refractivity contribution in [3.8, 4) is 10.4 Å². The number of piperidine rings is 1. The van der Waals surface area contributed by atoms with Crippen LogP contribution in [-0.2, 0) is 0 Å². The summed E-state index contributed by atoms with van der Waals surface area (Å²) in [6.45, 7) is 3.34. The van der Waals surface area contributed by atoms with Gasteiger partial charge in [-0.1, -0.05) is 51.8 Å². The van der Waals surface area contributed by atoms with E-state index in [4.69, 9.17) is 0 Å². The first-order chi connectivity index (χ1) is 15.0. The molecule has 1 aliphatic carbocycles. The van der Waals surface area contributed by atoms with Crippen molar-refractivity contribution in [1.29, 1.82) is 0 Å². The van der Waals surface area contributed by atoms with Gasteiger partial charge in [-0.15, -0.1) is 11.3 Å². The molecule has 2 aromatic carbocycles. The van der Waals surface area contributed by atoms with E-state index in [1.54, 1.807) is 17.4 Å². The highest BCUT2D eigenvalue weighted by atomic mass is 79.9. The molecule has 2 heterocycles. The zero-order valence-electron chi connectivity index (χ0n) is 17.2. The molecule has 0 unspecified atom stereocenters. The highest BCUT2D eigenvalue weighted by Gasteiger charge is 2.54. The Morgan fingerprint density at radius 2 is 2.00 bits per heavy atom. The van der Waals surface area contributed by atoms with E-state index in [1.807, 2.05) is 40.6 Å². The molecule has 1 saturated carbocycles. The number of hydrogen-bond donors (Lipinski definition) is 1. The number of aryl methyl sites for hydroxylation is 1. The molecule has 1 N–H and O–H groups in total. The van der Waals surface area contributed by atoms with Gasteiger partial charge in [0, 0.05) is 28.0 Å². The van der Waals surface area contributed by atoms with Crippen LogP contribution in [0, 0.1) is 18.8 Å². The highest BCUT2D eigenvalue weighted by Crippen LogP contribution is 2.50. The number of thiophene rings is 1. The molecule has 6 heteroatoms. The average Bonchev–Trinajstić information content (AvgIpc) is 3.20. The molecule has 2 fully saturated rings. The minimum absolute atomic E-state index is 0.0545. The van der Waals surface area contributed by atoms with Crippen molar-refractivity contribution in [3.05, 3.63) is 81.1 Å². The van der Waals surface area contributed by atoms with Crippen LogP contribution in [0.1, 0.15) is 32.7 Å². The van der Waals surface area contributed by atoms with Gasteiger partial charge >= 0.3 is 0 Å². The van der Waals surface area contributed by atoms with Crippen LogP contribution in [0.25, 0.3) is 10.4 Å². The lowest BCUT2D eigenvalue weighted by atomic mass is 10.1. The molecular weight excluding hydrogens is 472 g/mol. The second kappa shape index (κ2) is 8.24. The fourth-order valence-electron chi connectivity index (χ4n) is 4.64. The number of nitrogens with zero attached hydrogens (tertiary/aromatic N) is 1. The van der Waals surface area contributed by atoms with Gasteiger partial charge in [0.05, 0.1) is 11.6 Å². The third kappa shape index (κ3) is 4.06. The van der Waals surface area contributed by atoms with Gasteiger partial charge in [-0.2, -0.15) is 0 Å². The van der Waals surface area contributed by atoms with E-state index >= 15 is 0 Å². The van der Waals surface area contributed by atoms with Crippen molar-refractivity contribution in [2.45, 2.75) is 19.4 Å². The number of hydrogen-bond acceptors (Lipinski definition) is 3. The molecule has 3 atom stereocenters. The lowest BCUT2D eigenvalue weighted by Gasteiger charge is -2.28. The number of fused-ring (bicyclic) bond motifs is 1. The molecule has 0 radical (unpaired) electrons. The molecule has 2 aliphatic rings. The summed E-state index contributed by atoms with van der Waals surface area (Å²) in [5, 5.41) is 5.05. The Morgan fingerprint density at radius 3 is 2.81 bits per heavy atom. The number of carbonyl (C=O) groups is 2. The molecule has 31 heavy (non-hydrogen) atoms. The zero-order valence-corrected chi connectivity index (χ0v) is 19.6. The first-order valence-electron chi connectivity index (χ1n) is 10.5. The third-order valence-electron chi connectivity index (χ3n) is 6.30. The zero-order chi connectivity index (χ0) is 21.5. The van der Waals surface area contributed by atoms with Gasteiger partial charge in [0.25, 0.3) is 11.8 Å². The summed E-state index contributed by atoms with van der Waals surface area (Å²) in [5.74, 6) is 1.03. The summed E-state index contributed by atoms with van der Waals surface area (Å²) < 4.78 is 0.876. The summed E-state index contributed by atoms with van der Waals surface area (Å²) in [6.07, 6.45) is 1.15. The smallest absolute Gasteiger partial charge is 0.255 e. The number of benzene rings is 2. The maximum atomic E-state index is 13.5. The first kappa shape index (κ1) is 20.5. The van der Waals surface area contributed by atoms with E-state index in [9.17, 15) is 9.59 Å². The predicted octanol–water partition coefficient (Wildman–Crippen LogP) is 5.38. The topological polar surface area (TPSA) is 49.4 Å². The van der Waals surface area contributed by atoms with E-state index in [-0.39, 0.29) is 17.9 Å². The van der Waals surface area contributed by atoms with Crippen LogP contribution in [0.3, 0.4) is 0 Å². The van der Waals surface area contributed by atoms with Crippen molar-refractivity contribution in [3.63, 3.8) is 0 Å². The average molecular weight is 495 g/mol. The fourth-order valence-corrected chi connectivity index (χ4v) is 5.92. The number of amides is 2. The fraction of sp³-hybridized carbons (Fsp3) is 0.280. The van der Waals surface area contributed by atoms with E-state index in [0.717, 1.165) is 33.4 Å². The molecule has 1 aromatic heterocycles. The summed E-state index contributed by atoms with van der Waals surface area (Å²) in [5.41, 5.74) is 3.65. The number of carbonyl (C=O) groups excluding carboxylic acids is 2. The maximum Gasteiger partial charge on any atom is 0.255 e. The summed E-state index contributed by atoms with van der Waals surface area (Å²) in [6, 6.07) is 17.6. The van der Waals surface area contributed by atoms with Crippen molar-refractivity contribution in [2.75, 3.05) is 13.1 Å². The monoisotopic (exact) mass is 494 g/mol. The maximum absolute atomic E-state index is 13.5. The van der Waals surface area contributed by atoms with E-state index in [0.29, 0.717) is 23.9 Å². The second-order valence-corrected chi connectivity index (χ2v) is 10.3. The molecule has 1 aliphatic heterocycles. The van der Waals surface area contributed by atoms with Gasteiger partial charge in [-0.05, 0) is 60.4 Å². The molecule has 0 bridgehead atoms. The van der Waals surface area contributed by atoms with Gasteiger partial charge in [0.15, 0.2) is 0 Å². The van der Waals surface area contributed by atoms with Crippen LogP contribution in [-0.4, -0.2) is 35.8 Å². The lowest BCUT2D eigenvalue weighted by Crippen LogP contribution is -2.45. The Balaban J connectivity index is 1.33. The SMILES string of the molecule is Cc1cccc(-c2sccc2C(=O)N2C[C@@H]3C[C@@H]3[C@H]2CNC(=O)c2cccc(Br)c2)c1. The Labute approximate surface area is 194 Å². The van der Waals surface area contributed by atoms with Gasteiger partial charge in [-0.25, -0.2) is 0 Å². The molecule has 3 aromatic rings. The van der Waals surface area contributed by atoms with Crippen LogP contribution in [0.2, 0.25) is 0 Å². The predicted molar refractivity (Wildman–Crippen MR) is 127 cm³/mol. The van der Waals surface area contributed by atoms with Crippen LogP contribution in [0.4, 0.5) is 0 Å². The van der Waals surface area contributed by atoms with E-state index in [2.05, 4.69) is 46.4 Å². The van der Waals surface area contributed by atoms with Crippen molar-refractivity contribution >= 4 is 39.1 Å². The number of rotatable bonds is 5. The van der Waals surface area contributed by atoms with Crippen molar-refractivity contribution in [1.82, 2.24) is 10.2 Å². The van der Waals surface area contributed by atoms with Crippen LogP contribution < -0.4 is 5.32 Å². The van der Waals surface area contributed by atoms with Gasteiger partial charge < -0.3 is 10.2 Å². The van der Waals surface area contributed by atoms with E-state index < -0.39 is 0 Å². The van der Waals surface area contributed by atoms with E-state index in [1.165, 1.54) is 5.56 Å². The molecule has 4 nitrogen and oxygen atoms in total. The summed E-state index contributed by atoms with van der Waals surface area (Å²) in [4.78, 5) is 29.2. The molecule has 5 rings (SSSR count). The Hall–Kier alpha value is -2.44. The van der Waals surface area contributed by atoms with Crippen LogP contribution >= 0.6 is 27.3 Å². The van der Waals surface area contributed by atoms with Gasteiger partial charge in [0.1, 0.15) is 0 Å². The largest absolute Gasteiger partial charge is 0.350 e. The lowest BCUT2D eigenvalue weighted by molar-refractivity contribution is 0.0696. The second-order valence-electron chi connectivity index (χ2n) is 8.44. The standard InChI is InChI=1S/C25H23BrN2O2S/c1-15-4-2-5-16(10-15)23-20(8-9-31-23)25(30)28-14-18-12-21(18)22(28)13-27-24(29)17-6-3-7-19(26)11-17/h2-11,18,21-22H,12-14H2,1H3,(H,27,29)/t18-,21-,22+/m0/s1. The number of likely N-dealkylation sites (tertiary alicyclic amines) is 1. The molecular formula is C25H23BrN2O2S. The van der Waals surface area contributed by atoms with Crippen molar-refractivity contribution in [2.24, 2.45) is 11.8 Å². The Morgan fingerprint density at radius 1 is 1.16 bits per heavy atom. The molecule has 0 spiro atoms. The number of halogens is 1. The minimum Gasteiger partial charge on any atom is -0.350 e. The number of nitrogens with one attached hydrogen (secondary N) is 1. The van der Waals surface area contributed by atoms with Gasteiger partial charge in [0.2, 0.25) is 0 Å². The third-order valence-corrected chi connectivity index (χ3v) is 7.76. The van der Waals surface area contributed by atoms with Gasteiger partial charge in [-0.3, -0.25) is 9.59 Å². The highest BCUT2D eigenvalue weighted by molar-refractivity contribution is 9.10. The first-order valence-corrected chi connectivity index (χ1v) is 12.2. The minimum atomic E-state index is -0.103. The Bertz CT molecular complexity index is 1160. The summed E-state index contributed by atoms with van der Waals surface area (Å²) >= 11 is 5.02. The summed E-state index contributed by atoms with van der Waals surface area (Å²) in [7, 11) is 0. The quantitative estimate of drug-likeness (QED) is 0.517. The molecule has 158 valence electrons. The molecule has 1 saturated heterocycles. The normalized spacial score (nSPS) is 21.6. The molecule has 2 amide bonds. The van der Waals surface area contributed by atoms with Crippen LogP contribution in [0.5, 0.6) is 0 Å². The Kier molecular flexibility index (Phi) is 5.44.